The van der Waals surface area contributed by atoms with Gasteiger partial charge in [0.15, 0.2) is 12.0 Å². The van der Waals surface area contributed by atoms with E-state index in [1.54, 1.807) is 41.5 Å². The number of hydrogen-bond donors (Lipinski definition) is 13. The summed E-state index contributed by atoms with van der Waals surface area (Å²) < 4.78 is 0. The number of aliphatic hydroxyl groups is 2. The van der Waals surface area contributed by atoms with Crippen LogP contribution < -0.4 is 54.8 Å². The largest absolute Gasteiger partial charge is 0.480 e. The maximum absolute atomic E-state index is 13.7. The predicted molar refractivity (Wildman–Crippen MR) is 208 cm³/mol. The van der Waals surface area contributed by atoms with E-state index in [4.69, 9.17) is 22.9 Å². The third-order valence-electron chi connectivity index (χ3n) is 8.91. The van der Waals surface area contributed by atoms with Crippen LogP contribution in [0, 0.1) is 17.8 Å². The second-order valence-corrected chi connectivity index (χ2v) is 14.7. The molecule has 7 amide bonds. The quantitative estimate of drug-likeness (QED) is 0.0212. The Morgan fingerprint density at radius 1 is 0.649 bits per heavy atom. The van der Waals surface area contributed by atoms with Crippen LogP contribution >= 0.6 is 0 Å². The highest BCUT2D eigenvalue weighted by atomic mass is 16.4. The minimum atomic E-state index is -1.71. The van der Waals surface area contributed by atoms with Gasteiger partial charge in [-0.2, -0.15) is 0 Å². The number of carboxylic acids is 1. The highest BCUT2D eigenvalue weighted by molar-refractivity contribution is 5.97. The molecule has 0 aliphatic rings. The van der Waals surface area contributed by atoms with Crippen molar-refractivity contribution in [3.05, 3.63) is 0 Å². The van der Waals surface area contributed by atoms with E-state index in [1.165, 1.54) is 0 Å². The third-order valence-corrected chi connectivity index (χ3v) is 8.91. The zero-order chi connectivity index (χ0) is 44.2. The zero-order valence-corrected chi connectivity index (χ0v) is 33.9. The average molecular weight is 816 g/mol. The second kappa shape index (κ2) is 25.9. The van der Waals surface area contributed by atoms with Gasteiger partial charge in [-0.15, -0.1) is 0 Å². The van der Waals surface area contributed by atoms with Gasteiger partial charge in [-0.3, -0.25) is 38.6 Å². The van der Waals surface area contributed by atoms with E-state index in [1.807, 2.05) is 0 Å². The number of carboxylic acid groups (broad SMARTS) is 1. The molecule has 9 unspecified atom stereocenters. The summed E-state index contributed by atoms with van der Waals surface area (Å²) in [7, 11) is 0. The number of guanidine groups is 1. The summed E-state index contributed by atoms with van der Waals surface area (Å²) in [6, 6.07) is -9.64. The number of aliphatic carboxylic acids is 1. The van der Waals surface area contributed by atoms with E-state index in [0.29, 0.717) is 6.42 Å². The lowest BCUT2D eigenvalue weighted by atomic mass is 9.97. The molecule has 0 aromatic heterocycles. The Balaban J connectivity index is 6.27. The SMILES string of the molecule is CCC(C)C(NC(=O)C(CO)NC(=O)C(CC(C)C)NC(=O)C(CCC(N)=O)NC(=O)C(N)C(C)C)C(=O)NC(CCCN=C(N)N)C(=O)NC(C(=O)O)C(C)O. The van der Waals surface area contributed by atoms with E-state index < -0.39 is 108 Å². The van der Waals surface area contributed by atoms with E-state index in [-0.39, 0.29) is 56.4 Å². The summed E-state index contributed by atoms with van der Waals surface area (Å²) in [5.74, 6) is -8.74. The smallest absolute Gasteiger partial charge is 0.328 e. The maximum Gasteiger partial charge on any atom is 0.328 e. The first-order chi connectivity index (χ1) is 26.5. The molecule has 22 heteroatoms. The molecule has 22 nitrogen and oxygen atoms in total. The van der Waals surface area contributed by atoms with Gasteiger partial charge in [0.1, 0.15) is 30.2 Å². The van der Waals surface area contributed by atoms with Gasteiger partial charge in [0.05, 0.1) is 18.8 Å². The molecule has 326 valence electrons. The van der Waals surface area contributed by atoms with Gasteiger partial charge in [0.25, 0.3) is 0 Å². The molecule has 0 aromatic rings. The Kier molecular flexibility index (Phi) is 23.6. The molecule has 0 aliphatic heterocycles. The van der Waals surface area contributed by atoms with Crippen molar-refractivity contribution in [2.45, 2.75) is 135 Å². The van der Waals surface area contributed by atoms with Crippen LogP contribution in [0.5, 0.6) is 0 Å². The Morgan fingerprint density at radius 2 is 1.12 bits per heavy atom. The minimum Gasteiger partial charge on any atom is -0.480 e. The van der Waals surface area contributed by atoms with Gasteiger partial charge in [-0.05, 0) is 50.4 Å². The lowest BCUT2D eigenvalue weighted by Crippen LogP contribution is -2.61. The first-order valence-electron chi connectivity index (χ1n) is 18.9. The number of aliphatic imine (C=N–C) groups is 1. The Bertz CT molecular complexity index is 1410. The summed E-state index contributed by atoms with van der Waals surface area (Å²) in [5.41, 5.74) is 21.9. The highest BCUT2D eigenvalue weighted by Crippen LogP contribution is 2.12. The van der Waals surface area contributed by atoms with Crippen molar-refractivity contribution in [2.24, 2.45) is 45.7 Å². The Labute approximate surface area is 332 Å². The number of carbonyl (C=O) groups is 8. The topological polar surface area (TPSA) is 386 Å². The van der Waals surface area contributed by atoms with Crippen molar-refractivity contribution in [3.8, 4) is 0 Å². The molecule has 9 atom stereocenters. The molecule has 0 radical (unpaired) electrons. The molecule has 57 heavy (non-hydrogen) atoms. The molecule has 17 N–H and O–H groups in total. The van der Waals surface area contributed by atoms with E-state index in [2.05, 4.69) is 36.9 Å². The molecular weight excluding hydrogens is 750 g/mol. The van der Waals surface area contributed by atoms with Crippen molar-refractivity contribution < 1.29 is 53.7 Å². The summed E-state index contributed by atoms with van der Waals surface area (Å²) in [6.45, 7) is 10.5. The number of aliphatic hydroxyl groups excluding tert-OH is 2. The predicted octanol–water partition coefficient (Wildman–Crippen LogP) is -4.25. The molecule has 0 rings (SSSR count). The zero-order valence-electron chi connectivity index (χ0n) is 33.9. The van der Waals surface area contributed by atoms with E-state index in [9.17, 15) is 53.7 Å². The summed E-state index contributed by atoms with van der Waals surface area (Å²) in [5, 5.41) is 44.1. The van der Waals surface area contributed by atoms with Crippen LogP contribution in [0.2, 0.25) is 0 Å². The maximum atomic E-state index is 13.7. The number of amides is 7. The highest BCUT2D eigenvalue weighted by Gasteiger charge is 2.35. The average Bonchev–Trinajstić information content (AvgIpc) is 3.12. The number of carbonyl (C=O) groups excluding carboxylic acids is 7. The molecule has 0 bridgehead atoms. The lowest BCUT2D eigenvalue weighted by Gasteiger charge is -2.29. The van der Waals surface area contributed by atoms with Crippen LogP contribution in [0.1, 0.15) is 87.0 Å². The van der Waals surface area contributed by atoms with Gasteiger partial charge in [0, 0.05) is 13.0 Å². The van der Waals surface area contributed by atoms with Crippen LogP contribution in [0.25, 0.3) is 0 Å². The van der Waals surface area contributed by atoms with Crippen LogP contribution in [0.4, 0.5) is 0 Å². The fourth-order valence-electron chi connectivity index (χ4n) is 5.20. The van der Waals surface area contributed by atoms with Crippen LogP contribution in [-0.2, 0) is 38.4 Å². The minimum absolute atomic E-state index is 0.0433. The number of nitrogens with two attached hydrogens (primary N) is 4. The Morgan fingerprint density at radius 3 is 1.60 bits per heavy atom. The molecule has 0 aliphatic carbocycles. The van der Waals surface area contributed by atoms with Gasteiger partial charge in [-0.1, -0.05) is 48.0 Å². The van der Waals surface area contributed by atoms with Crippen molar-refractivity contribution >= 4 is 53.3 Å². The van der Waals surface area contributed by atoms with E-state index >= 15 is 0 Å². The van der Waals surface area contributed by atoms with Crippen molar-refractivity contribution in [2.75, 3.05) is 13.2 Å². The molecule has 0 aromatic carbocycles. The number of hydrogen-bond acceptors (Lipinski definition) is 12. The number of rotatable bonds is 27. The lowest BCUT2D eigenvalue weighted by molar-refractivity contribution is -0.145. The van der Waals surface area contributed by atoms with Crippen LogP contribution in [0.15, 0.2) is 4.99 Å². The third kappa shape index (κ3) is 19.6. The first kappa shape index (κ1) is 51.9. The molecule has 0 heterocycles. The van der Waals surface area contributed by atoms with Gasteiger partial charge in [0.2, 0.25) is 41.4 Å². The first-order valence-corrected chi connectivity index (χ1v) is 18.9. The van der Waals surface area contributed by atoms with Crippen molar-refractivity contribution in [1.29, 1.82) is 0 Å². The fraction of sp³-hybridized carbons (Fsp3) is 0.743. The molecule has 0 fully saturated rings. The van der Waals surface area contributed by atoms with Crippen LogP contribution in [0.3, 0.4) is 0 Å². The molecule has 0 saturated carbocycles. The van der Waals surface area contributed by atoms with Gasteiger partial charge in [-0.25, -0.2) is 4.79 Å². The van der Waals surface area contributed by atoms with Crippen molar-refractivity contribution in [3.63, 3.8) is 0 Å². The van der Waals surface area contributed by atoms with Crippen LogP contribution in [-0.4, -0.2) is 130 Å². The monoisotopic (exact) mass is 815 g/mol. The fourth-order valence-corrected chi connectivity index (χ4v) is 5.20. The second-order valence-electron chi connectivity index (χ2n) is 14.7. The van der Waals surface area contributed by atoms with Gasteiger partial charge < -0.3 is 70.2 Å². The standard InChI is InChI=1S/C35H65N11O11/c1-8-18(6)26(33(55)42-20(10-9-13-40-35(38)39)29(51)46-27(19(7)48)34(56)57)45-31(53)23(15-47)44-30(52)22(14-16(2)3)43-28(50)21(11-12-24(36)49)41-32(54)25(37)17(4)5/h16-23,25-27,47-48H,8-15,37H2,1-7H3,(H2,36,49)(H,41,54)(H,42,55)(H,43,50)(H,44,52)(H,45,53)(H,46,51)(H,56,57)(H4,38,39,40). The summed E-state index contributed by atoms with van der Waals surface area (Å²) >= 11 is 0. The summed E-state index contributed by atoms with van der Waals surface area (Å²) in [4.78, 5) is 107. The van der Waals surface area contributed by atoms with E-state index in [0.717, 1.165) is 6.92 Å². The molecule has 0 saturated heterocycles. The number of nitrogens with zero attached hydrogens (tertiary/aromatic N) is 1. The normalized spacial score (nSPS) is 15.9. The Hall–Kier alpha value is -5.09. The summed E-state index contributed by atoms with van der Waals surface area (Å²) in [6.07, 6.45) is -1.53. The molecular formula is C35H65N11O11. The number of primary amides is 1. The van der Waals surface area contributed by atoms with Crippen molar-refractivity contribution in [1.82, 2.24) is 31.9 Å². The number of nitrogens with one attached hydrogen (secondary N) is 6. The van der Waals surface area contributed by atoms with Gasteiger partial charge >= 0.3 is 5.97 Å². The molecule has 0 spiro atoms.